The van der Waals surface area contributed by atoms with Gasteiger partial charge in [-0.25, -0.2) is 0 Å². The van der Waals surface area contributed by atoms with Gasteiger partial charge in [-0.15, -0.1) is 0 Å². The molecule has 2 aromatic heterocycles. The van der Waals surface area contributed by atoms with Crippen molar-refractivity contribution in [1.29, 1.82) is 0 Å². The molecule has 196 valence electrons. The molecule has 1 aromatic carbocycles. The normalized spacial score (nSPS) is 21.7. The van der Waals surface area contributed by atoms with E-state index in [1.807, 2.05) is 12.1 Å². The number of benzene rings is 1. The standard InChI is InChI=1S/C26H26Cl4N4O3/c1-34-25(21(29)12-32-34)18-10-23(37-26(18)30)22(35)7-14-11-31-16(9-24(36)33-15-3-4-15)8-17(14)13-2-5-19(27)20(28)6-13/h2,5-6,10,12,14-17,31H,3-4,7-9,11H2,1H3,(H,33,36)/t14-,16?,17+/m1/s1. The molecule has 1 aliphatic carbocycles. The minimum Gasteiger partial charge on any atom is -0.441 e. The molecule has 1 saturated carbocycles. The molecule has 2 N–H and O–H groups in total. The first kappa shape index (κ1) is 26.6. The van der Waals surface area contributed by atoms with Crippen molar-refractivity contribution >= 4 is 58.1 Å². The Morgan fingerprint density at radius 1 is 1.11 bits per heavy atom. The lowest BCUT2D eigenvalue weighted by Crippen LogP contribution is -2.46. The molecule has 3 aromatic rings. The van der Waals surface area contributed by atoms with Gasteiger partial charge >= 0.3 is 0 Å². The van der Waals surface area contributed by atoms with Crippen molar-refractivity contribution in [2.75, 3.05) is 6.54 Å². The van der Waals surface area contributed by atoms with Crippen LogP contribution in [0, 0.1) is 5.92 Å². The molecule has 0 radical (unpaired) electrons. The number of furan rings is 1. The van der Waals surface area contributed by atoms with Crippen LogP contribution in [0.15, 0.2) is 34.9 Å². The van der Waals surface area contributed by atoms with Crippen molar-refractivity contribution in [3.05, 3.63) is 62.1 Å². The molecule has 5 rings (SSSR count). The molecular weight excluding hydrogens is 558 g/mol. The summed E-state index contributed by atoms with van der Waals surface area (Å²) < 4.78 is 7.23. The molecule has 0 bridgehead atoms. The Morgan fingerprint density at radius 3 is 2.57 bits per heavy atom. The summed E-state index contributed by atoms with van der Waals surface area (Å²) in [5.41, 5.74) is 2.08. The van der Waals surface area contributed by atoms with Crippen molar-refractivity contribution < 1.29 is 14.0 Å². The molecule has 1 unspecified atom stereocenters. The number of hydrogen-bond donors (Lipinski definition) is 2. The van der Waals surface area contributed by atoms with Gasteiger partial charge in [0.1, 0.15) is 0 Å². The van der Waals surface area contributed by atoms with Gasteiger partial charge in [-0.1, -0.05) is 40.9 Å². The fourth-order valence-electron chi connectivity index (χ4n) is 5.02. The Hall–Kier alpha value is -2.03. The first-order valence-corrected chi connectivity index (χ1v) is 13.7. The number of aryl methyl sites for hydroxylation is 1. The minimum absolute atomic E-state index is 0.00452. The summed E-state index contributed by atoms with van der Waals surface area (Å²) in [5, 5.41) is 12.1. The summed E-state index contributed by atoms with van der Waals surface area (Å²) in [5.74, 6) is -0.0199. The zero-order valence-corrected chi connectivity index (χ0v) is 23.1. The fraction of sp³-hybridized carbons (Fsp3) is 0.423. The highest BCUT2D eigenvalue weighted by Gasteiger charge is 2.35. The monoisotopic (exact) mass is 582 g/mol. The highest BCUT2D eigenvalue weighted by atomic mass is 35.5. The van der Waals surface area contributed by atoms with Crippen LogP contribution >= 0.6 is 46.4 Å². The van der Waals surface area contributed by atoms with Crippen LogP contribution in [0.1, 0.15) is 54.1 Å². The summed E-state index contributed by atoms with van der Waals surface area (Å²) in [7, 11) is 1.74. The number of Topliss-reactive ketones (excluding diaryl/α,β-unsaturated/α-hetero) is 1. The summed E-state index contributed by atoms with van der Waals surface area (Å²) >= 11 is 25.1. The van der Waals surface area contributed by atoms with E-state index in [2.05, 4.69) is 15.7 Å². The van der Waals surface area contributed by atoms with Crippen LogP contribution in [-0.2, 0) is 11.8 Å². The molecule has 37 heavy (non-hydrogen) atoms. The maximum absolute atomic E-state index is 13.4. The van der Waals surface area contributed by atoms with E-state index in [1.165, 1.54) is 6.20 Å². The van der Waals surface area contributed by atoms with Crippen LogP contribution in [0.2, 0.25) is 20.3 Å². The number of ketones is 1. The number of amides is 1. The van der Waals surface area contributed by atoms with Gasteiger partial charge in [0.05, 0.1) is 32.5 Å². The van der Waals surface area contributed by atoms with Crippen molar-refractivity contribution in [2.24, 2.45) is 13.0 Å². The Labute approximate surface area is 234 Å². The van der Waals surface area contributed by atoms with Gasteiger partial charge in [0.25, 0.3) is 0 Å². The lowest BCUT2D eigenvalue weighted by molar-refractivity contribution is -0.121. The number of halogens is 4. The quantitative estimate of drug-likeness (QED) is 0.304. The average Bonchev–Trinajstić information content (AvgIpc) is 3.50. The average molecular weight is 584 g/mol. The highest BCUT2D eigenvalue weighted by molar-refractivity contribution is 6.42. The summed E-state index contributed by atoms with van der Waals surface area (Å²) in [6.07, 6.45) is 4.90. The van der Waals surface area contributed by atoms with Crippen LogP contribution in [0.3, 0.4) is 0 Å². The second-order valence-corrected chi connectivity index (χ2v) is 11.4. The second kappa shape index (κ2) is 11.0. The van der Waals surface area contributed by atoms with Crippen molar-refractivity contribution in [3.63, 3.8) is 0 Å². The second-order valence-electron chi connectivity index (χ2n) is 9.82. The van der Waals surface area contributed by atoms with Crippen molar-refractivity contribution in [1.82, 2.24) is 20.4 Å². The number of rotatable bonds is 8. The van der Waals surface area contributed by atoms with Gasteiger partial charge in [0.15, 0.2) is 11.5 Å². The molecule has 11 heteroatoms. The maximum Gasteiger partial charge on any atom is 0.221 e. The molecule has 3 heterocycles. The van der Waals surface area contributed by atoms with E-state index in [0.29, 0.717) is 51.8 Å². The van der Waals surface area contributed by atoms with Crippen LogP contribution in [-0.4, -0.2) is 40.1 Å². The molecular formula is C26H26Cl4N4O3. The van der Waals surface area contributed by atoms with E-state index < -0.39 is 0 Å². The Bertz CT molecular complexity index is 1310. The van der Waals surface area contributed by atoms with Gasteiger partial charge in [-0.3, -0.25) is 14.3 Å². The topological polar surface area (TPSA) is 89.2 Å². The molecule has 0 spiro atoms. The Kier molecular flexibility index (Phi) is 7.89. The first-order valence-electron chi connectivity index (χ1n) is 12.2. The predicted molar refractivity (Wildman–Crippen MR) is 145 cm³/mol. The van der Waals surface area contributed by atoms with Gasteiger partial charge in [-0.2, -0.15) is 5.10 Å². The lowest BCUT2D eigenvalue weighted by Gasteiger charge is -2.37. The summed E-state index contributed by atoms with van der Waals surface area (Å²) in [6, 6.07) is 7.48. The third-order valence-electron chi connectivity index (χ3n) is 7.08. The van der Waals surface area contributed by atoms with Crippen LogP contribution in [0.5, 0.6) is 0 Å². The third kappa shape index (κ3) is 6.02. The van der Waals surface area contributed by atoms with Crippen molar-refractivity contribution in [3.8, 4) is 11.3 Å². The Morgan fingerprint density at radius 2 is 1.89 bits per heavy atom. The summed E-state index contributed by atoms with van der Waals surface area (Å²) in [4.78, 5) is 25.8. The highest BCUT2D eigenvalue weighted by Crippen LogP contribution is 2.40. The summed E-state index contributed by atoms with van der Waals surface area (Å²) in [6.45, 7) is 0.562. The third-order valence-corrected chi connectivity index (χ3v) is 8.38. The maximum atomic E-state index is 13.4. The van der Waals surface area contributed by atoms with Gasteiger partial charge < -0.3 is 15.1 Å². The number of carbonyl (C=O) groups excluding carboxylic acids is 2. The SMILES string of the molecule is Cn1ncc(Cl)c1-c1cc(C(=O)C[C@@H]2CNC(CC(=O)NC3CC3)C[C@H]2c2ccc(Cl)c(Cl)c2)oc1Cl. The molecule has 3 atom stereocenters. The van der Waals surface area contributed by atoms with E-state index in [4.69, 9.17) is 50.8 Å². The van der Waals surface area contributed by atoms with Crippen LogP contribution in [0.25, 0.3) is 11.3 Å². The lowest BCUT2D eigenvalue weighted by atomic mass is 9.75. The fourth-order valence-corrected chi connectivity index (χ4v) is 5.82. The van der Waals surface area contributed by atoms with E-state index in [9.17, 15) is 9.59 Å². The van der Waals surface area contributed by atoms with Crippen molar-refractivity contribution in [2.45, 2.75) is 50.1 Å². The number of nitrogens with zero attached hydrogens (tertiary/aromatic N) is 2. The molecule has 1 aliphatic heterocycles. The van der Waals surface area contributed by atoms with E-state index >= 15 is 0 Å². The zero-order chi connectivity index (χ0) is 26.3. The smallest absolute Gasteiger partial charge is 0.221 e. The van der Waals surface area contributed by atoms with E-state index in [1.54, 1.807) is 23.9 Å². The number of carbonyl (C=O) groups is 2. The molecule has 2 fully saturated rings. The van der Waals surface area contributed by atoms with E-state index in [-0.39, 0.29) is 47.0 Å². The molecule has 1 amide bonds. The molecule has 2 aliphatic rings. The number of hydrogen-bond acceptors (Lipinski definition) is 5. The number of piperidine rings is 1. The van der Waals surface area contributed by atoms with Crippen LogP contribution < -0.4 is 10.6 Å². The van der Waals surface area contributed by atoms with Gasteiger partial charge in [0, 0.05) is 32.0 Å². The van der Waals surface area contributed by atoms with E-state index in [0.717, 1.165) is 18.4 Å². The van der Waals surface area contributed by atoms with Gasteiger partial charge in [-0.05, 0) is 73.0 Å². The number of nitrogens with one attached hydrogen (secondary N) is 2. The minimum atomic E-state index is -0.173. The molecule has 1 saturated heterocycles. The number of aromatic nitrogens is 2. The Balaban J connectivity index is 1.35. The largest absolute Gasteiger partial charge is 0.441 e. The van der Waals surface area contributed by atoms with Gasteiger partial charge in [0.2, 0.25) is 11.1 Å². The van der Waals surface area contributed by atoms with Crippen LogP contribution in [0.4, 0.5) is 0 Å². The predicted octanol–water partition coefficient (Wildman–Crippen LogP) is 6.30. The zero-order valence-electron chi connectivity index (χ0n) is 20.1. The molecule has 7 nitrogen and oxygen atoms in total. The first-order chi connectivity index (χ1) is 17.7.